The first kappa shape index (κ1) is 17.1. The number of nitrogens with zero attached hydrogens (tertiary/aromatic N) is 1. The highest BCUT2D eigenvalue weighted by molar-refractivity contribution is 5.90. The standard InChI is InChI=1S/C16H23N3O4/c1-11(16(21)19-6-8-23-9-7-19)17-14-10-13(18-12(2)20)4-5-15(14)22-3/h4-5,10-11,17H,6-9H2,1-3H3,(H,18,20). The minimum absolute atomic E-state index is 0.0142. The van der Waals surface area contributed by atoms with Crippen molar-refractivity contribution in [2.45, 2.75) is 19.9 Å². The van der Waals surface area contributed by atoms with Gasteiger partial charge in [0, 0.05) is 25.7 Å². The number of anilines is 2. The van der Waals surface area contributed by atoms with Crippen LogP contribution in [-0.4, -0.2) is 56.2 Å². The van der Waals surface area contributed by atoms with Crippen molar-refractivity contribution < 1.29 is 19.1 Å². The van der Waals surface area contributed by atoms with E-state index in [0.717, 1.165) is 0 Å². The van der Waals surface area contributed by atoms with E-state index >= 15 is 0 Å². The van der Waals surface area contributed by atoms with E-state index in [4.69, 9.17) is 9.47 Å². The molecule has 1 atom stereocenters. The van der Waals surface area contributed by atoms with Crippen LogP contribution in [0.3, 0.4) is 0 Å². The largest absolute Gasteiger partial charge is 0.495 e. The van der Waals surface area contributed by atoms with Gasteiger partial charge in [0.1, 0.15) is 11.8 Å². The van der Waals surface area contributed by atoms with Gasteiger partial charge in [-0.25, -0.2) is 0 Å². The summed E-state index contributed by atoms with van der Waals surface area (Å²) >= 11 is 0. The molecular formula is C16H23N3O4. The molecule has 0 aromatic heterocycles. The number of hydrogen-bond donors (Lipinski definition) is 2. The van der Waals surface area contributed by atoms with Gasteiger partial charge in [0.15, 0.2) is 0 Å². The maximum atomic E-state index is 12.5. The van der Waals surface area contributed by atoms with Gasteiger partial charge in [-0.1, -0.05) is 0 Å². The Morgan fingerprint density at radius 1 is 1.30 bits per heavy atom. The lowest BCUT2D eigenvalue weighted by atomic mass is 10.2. The molecule has 1 aliphatic rings. The molecular weight excluding hydrogens is 298 g/mol. The minimum Gasteiger partial charge on any atom is -0.495 e. The van der Waals surface area contributed by atoms with Crippen LogP contribution in [0.25, 0.3) is 0 Å². The Kier molecular flexibility index (Phi) is 5.81. The molecule has 0 spiro atoms. The van der Waals surface area contributed by atoms with Crippen LogP contribution in [0.5, 0.6) is 5.75 Å². The molecule has 7 nitrogen and oxygen atoms in total. The number of methoxy groups -OCH3 is 1. The van der Waals surface area contributed by atoms with E-state index in [0.29, 0.717) is 43.4 Å². The molecule has 2 N–H and O–H groups in total. The molecule has 1 saturated heterocycles. The average molecular weight is 321 g/mol. The Bertz CT molecular complexity index is 570. The molecule has 0 saturated carbocycles. The molecule has 1 aliphatic heterocycles. The van der Waals surface area contributed by atoms with Gasteiger partial charge in [0.25, 0.3) is 0 Å². The third kappa shape index (κ3) is 4.59. The van der Waals surface area contributed by atoms with Crippen molar-refractivity contribution in [2.75, 3.05) is 44.0 Å². The molecule has 1 aromatic rings. The zero-order valence-corrected chi connectivity index (χ0v) is 13.7. The molecule has 2 rings (SSSR count). The van der Waals surface area contributed by atoms with Crippen LogP contribution < -0.4 is 15.4 Å². The average Bonchev–Trinajstić information content (AvgIpc) is 2.54. The van der Waals surface area contributed by atoms with Gasteiger partial charge in [-0.3, -0.25) is 9.59 Å². The van der Waals surface area contributed by atoms with Crippen LogP contribution >= 0.6 is 0 Å². The van der Waals surface area contributed by atoms with Gasteiger partial charge >= 0.3 is 0 Å². The van der Waals surface area contributed by atoms with E-state index in [1.54, 1.807) is 30.2 Å². The molecule has 1 fully saturated rings. The van der Waals surface area contributed by atoms with E-state index in [-0.39, 0.29) is 11.8 Å². The van der Waals surface area contributed by atoms with E-state index < -0.39 is 6.04 Å². The summed E-state index contributed by atoms with van der Waals surface area (Å²) in [7, 11) is 1.56. The zero-order valence-electron chi connectivity index (χ0n) is 13.7. The monoisotopic (exact) mass is 321 g/mol. The number of carbonyl (C=O) groups is 2. The minimum atomic E-state index is -0.408. The second kappa shape index (κ2) is 7.82. The fourth-order valence-electron chi connectivity index (χ4n) is 2.45. The van der Waals surface area contributed by atoms with Crippen molar-refractivity contribution in [1.29, 1.82) is 0 Å². The van der Waals surface area contributed by atoms with Gasteiger partial charge in [-0.15, -0.1) is 0 Å². The molecule has 1 heterocycles. The molecule has 1 aromatic carbocycles. The number of benzene rings is 1. The summed E-state index contributed by atoms with van der Waals surface area (Å²) in [4.78, 5) is 25.4. The smallest absolute Gasteiger partial charge is 0.244 e. The molecule has 1 unspecified atom stereocenters. The van der Waals surface area contributed by atoms with Crippen LogP contribution in [0.2, 0.25) is 0 Å². The summed E-state index contributed by atoms with van der Waals surface area (Å²) in [6, 6.07) is 4.84. The molecule has 0 bridgehead atoms. The van der Waals surface area contributed by atoms with Gasteiger partial charge in [0.2, 0.25) is 11.8 Å². The van der Waals surface area contributed by atoms with Crippen molar-refractivity contribution in [3.8, 4) is 5.75 Å². The molecule has 126 valence electrons. The number of rotatable bonds is 5. The maximum absolute atomic E-state index is 12.5. The van der Waals surface area contributed by atoms with Crippen molar-refractivity contribution in [3.63, 3.8) is 0 Å². The number of hydrogen-bond acceptors (Lipinski definition) is 5. The fraction of sp³-hybridized carbons (Fsp3) is 0.500. The van der Waals surface area contributed by atoms with E-state index in [2.05, 4.69) is 10.6 Å². The first-order valence-corrected chi connectivity index (χ1v) is 7.60. The summed E-state index contributed by atoms with van der Waals surface area (Å²) in [5, 5.41) is 5.88. The molecule has 7 heteroatoms. The van der Waals surface area contributed by atoms with Crippen LogP contribution in [0, 0.1) is 0 Å². The Hall–Kier alpha value is -2.28. The Labute approximate surface area is 135 Å². The highest BCUT2D eigenvalue weighted by atomic mass is 16.5. The first-order valence-electron chi connectivity index (χ1n) is 7.60. The number of morpholine rings is 1. The molecule has 0 aliphatic carbocycles. The Balaban J connectivity index is 2.10. The highest BCUT2D eigenvalue weighted by Gasteiger charge is 2.23. The van der Waals surface area contributed by atoms with Crippen LogP contribution in [0.1, 0.15) is 13.8 Å². The number of amides is 2. The zero-order chi connectivity index (χ0) is 16.8. The molecule has 2 amide bonds. The summed E-state index contributed by atoms with van der Waals surface area (Å²) in [6.07, 6.45) is 0. The predicted octanol–water partition coefficient (Wildman–Crippen LogP) is 1.31. The summed E-state index contributed by atoms with van der Waals surface area (Å²) in [5.41, 5.74) is 1.31. The summed E-state index contributed by atoms with van der Waals surface area (Å²) in [6.45, 7) is 5.60. The summed E-state index contributed by atoms with van der Waals surface area (Å²) in [5.74, 6) is 0.472. The van der Waals surface area contributed by atoms with Crippen LogP contribution in [-0.2, 0) is 14.3 Å². The maximum Gasteiger partial charge on any atom is 0.244 e. The Morgan fingerprint density at radius 2 is 2.00 bits per heavy atom. The highest BCUT2D eigenvalue weighted by Crippen LogP contribution is 2.28. The van der Waals surface area contributed by atoms with Crippen LogP contribution in [0.15, 0.2) is 18.2 Å². The second-order valence-corrected chi connectivity index (χ2v) is 5.40. The normalized spacial score (nSPS) is 15.7. The van der Waals surface area contributed by atoms with Crippen LogP contribution in [0.4, 0.5) is 11.4 Å². The van der Waals surface area contributed by atoms with Crippen molar-refractivity contribution in [1.82, 2.24) is 4.90 Å². The van der Waals surface area contributed by atoms with E-state index in [1.165, 1.54) is 6.92 Å². The molecule has 0 radical (unpaired) electrons. The fourth-order valence-corrected chi connectivity index (χ4v) is 2.45. The predicted molar refractivity (Wildman–Crippen MR) is 87.8 cm³/mol. The van der Waals surface area contributed by atoms with Crippen molar-refractivity contribution in [3.05, 3.63) is 18.2 Å². The van der Waals surface area contributed by atoms with Crippen molar-refractivity contribution in [2.24, 2.45) is 0 Å². The Morgan fingerprint density at radius 3 is 2.61 bits per heavy atom. The summed E-state index contributed by atoms with van der Waals surface area (Å²) < 4.78 is 10.6. The third-order valence-electron chi connectivity index (χ3n) is 3.59. The lowest BCUT2D eigenvalue weighted by Gasteiger charge is -2.30. The van der Waals surface area contributed by atoms with E-state index in [1.807, 2.05) is 6.92 Å². The first-order chi connectivity index (χ1) is 11.0. The topological polar surface area (TPSA) is 79.9 Å². The lowest BCUT2D eigenvalue weighted by molar-refractivity contribution is -0.135. The van der Waals surface area contributed by atoms with Gasteiger partial charge in [-0.2, -0.15) is 0 Å². The lowest BCUT2D eigenvalue weighted by Crippen LogP contribution is -2.47. The van der Waals surface area contributed by atoms with Gasteiger partial charge < -0.3 is 25.0 Å². The van der Waals surface area contributed by atoms with E-state index in [9.17, 15) is 9.59 Å². The van der Waals surface area contributed by atoms with Gasteiger partial charge in [-0.05, 0) is 25.1 Å². The number of nitrogens with one attached hydrogen (secondary N) is 2. The SMILES string of the molecule is COc1ccc(NC(C)=O)cc1NC(C)C(=O)N1CCOCC1. The van der Waals surface area contributed by atoms with Crippen molar-refractivity contribution >= 4 is 23.2 Å². The van der Waals surface area contributed by atoms with Gasteiger partial charge in [0.05, 0.1) is 26.0 Å². The molecule has 23 heavy (non-hydrogen) atoms. The quantitative estimate of drug-likeness (QED) is 0.855. The third-order valence-corrected chi connectivity index (χ3v) is 3.59. The number of carbonyl (C=O) groups excluding carboxylic acids is 2. The number of ether oxygens (including phenoxy) is 2. The second-order valence-electron chi connectivity index (χ2n) is 5.40.